The van der Waals surface area contributed by atoms with E-state index in [1.807, 2.05) is 0 Å². The van der Waals surface area contributed by atoms with E-state index in [0.29, 0.717) is 0 Å². The van der Waals surface area contributed by atoms with Crippen molar-refractivity contribution in [1.82, 2.24) is 4.57 Å². The molecular weight excluding hydrogens is 857 g/mol. The van der Waals surface area contributed by atoms with Crippen molar-refractivity contribution in [3.8, 4) is 39.1 Å². The molecule has 0 unspecified atom stereocenters. The molecule has 12 aromatic rings. The van der Waals surface area contributed by atoms with Gasteiger partial charge in [-0.25, -0.2) is 0 Å². The lowest BCUT2D eigenvalue weighted by atomic mass is 9.67. The third-order valence-corrected chi connectivity index (χ3v) is 15.0. The van der Waals surface area contributed by atoms with E-state index in [4.69, 9.17) is 0 Å². The number of fused-ring (bicyclic) bond motifs is 7. The van der Waals surface area contributed by atoms with Gasteiger partial charge in [0.15, 0.2) is 0 Å². The molecule has 1 heterocycles. The first-order valence-electron chi connectivity index (χ1n) is 24.8. The molecule has 0 atom stereocenters. The van der Waals surface area contributed by atoms with E-state index in [2.05, 4.69) is 291 Å². The summed E-state index contributed by atoms with van der Waals surface area (Å²) in [7, 11) is 0. The molecule has 0 N–H and O–H groups in total. The summed E-state index contributed by atoms with van der Waals surface area (Å²) in [6.45, 7) is 6.83. The molecule has 2 nitrogen and oxygen atoms in total. The van der Waals surface area contributed by atoms with Crippen molar-refractivity contribution in [2.75, 3.05) is 4.90 Å². The molecule has 0 bridgehead atoms. The van der Waals surface area contributed by atoms with E-state index in [1.54, 1.807) is 0 Å². The predicted molar refractivity (Wildman–Crippen MR) is 300 cm³/mol. The monoisotopic (exact) mass is 908 g/mol. The van der Waals surface area contributed by atoms with Gasteiger partial charge in [-0.15, -0.1) is 0 Å². The molecule has 11 aromatic carbocycles. The first-order chi connectivity index (χ1) is 34.9. The van der Waals surface area contributed by atoms with Gasteiger partial charge in [0.25, 0.3) is 0 Å². The van der Waals surface area contributed by atoms with Crippen LogP contribution in [0.5, 0.6) is 0 Å². The maximum absolute atomic E-state index is 2.48. The number of benzene rings is 11. The van der Waals surface area contributed by atoms with Gasteiger partial charge >= 0.3 is 0 Å². The lowest BCUT2D eigenvalue weighted by Gasteiger charge is -2.34. The lowest BCUT2D eigenvalue weighted by Crippen LogP contribution is -2.28. The van der Waals surface area contributed by atoms with Gasteiger partial charge in [0, 0.05) is 33.2 Å². The molecule has 13 rings (SSSR count). The second-order valence-corrected chi connectivity index (χ2v) is 20.1. The molecule has 1 aliphatic carbocycles. The molecule has 1 aliphatic rings. The zero-order valence-electron chi connectivity index (χ0n) is 40.2. The number of nitrogens with zero attached hydrogens (tertiary/aromatic N) is 2. The van der Waals surface area contributed by atoms with Crippen LogP contribution < -0.4 is 4.90 Å². The number of hydrogen-bond donors (Lipinski definition) is 0. The Hall–Kier alpha value is -8.72. The molecule has 2 heteroatoms. The van der Waals surface area contributed by atoms with Crippen molar-refractivity contribution in [3.05, 3.63) is 289 Å². The molecule has 0 radical (unpaired) electrons. The highest BCUT2D eigenvalue weighted by atomic mass is 15.1. The summed E-state index contributed by atoms with van der Waals surface area (Å²) in [5, 5.41) is 4.86. The van der Waals surface area contributed by atoms with Gasteiger partial charge in [-0.2, -0.15) is 0 Å². The van der Waals surface area contributed by atoms with Crippen molar-refractivity contribution in [2.24, 2.45) is 0 Å². The number of rotatable bonds is 8. The minimum absolute atomic E-state index is 0.0484. The zero-order chi connectivity index (χ0) is 47.7. The lowest BCUT2D eigenvalue weighted by molar-refractivity contribution is 0.590. The minimum atomic E-state index is -0.485. The van der Waals surface area contributed by atoms with Crippen LogP contribution in [-0.4, -0.2) is 4.57 Å². The highest BCUT2D eigenvalue weighted by Gasteiger charge is 2.46. The van der Waals surface area contributed by atoms with Crippen LogP contribution >= 0.6 is 0 Å². The second-order valence-electron chi connectivity index (χ2n) is 20.1. The Labute approximate surface area is 416 Å². The largest absolute Gasteiger partial charge is 0.310 e. The maximum atomic E-state index is 2.48. The van der Waals surface area contributed by atoms with E-state index < -0.39 is 5.41 Å². The van der Waals surface area contributed by atoms with Gasteiger partial charge < -0.3 is 9.47 Å². The van der Waals surface area contributed by atoms with Crippen LogP contribution in [0.15, 0.2) is 261 Å². The van der Waals surface area contributed by atoms with E-state index in [1.165, 1.54) is 93.8 Å². The van der Waals surface area contributed by atoms with Gasteiger partial charge in [-0.05, 0) is 133 Å². The minimum Gasteiger partial charge on any atom is -0.310 e. The smallest absolute Gasteiger partial charge is 0.0714 e. The van der Waals surface area contributed by atoms with Gasteiger partial charge in [-0.3, -0.25) is 0 Å². The Morgan fingerprint density at radius 2 is 0.873 bits per heavy atom. The molecular formula is C69H52N2. The molecule has 0 saturated heterocycles. The molecule has 71 heavy (non-hydrogen) atoms. The van der Waals surface area contributed by atoms with E-state index in [0.717, 1.165) is 22.7 Å². The summed E-state index contributed by atoms with van der Waals surface area (Å²) in [6.07, 6.45) is 0. The predicted octanol–water partition coefficient (Wildman–Crippen LogP) is 18.4. The highest BCUT2D eigenvalue weighted by molar-refractivity contribution is 6.12. The fourth-order valence-corrected chi connectivity index (χ4v) is 11.7. The topological polar surface area (TPSA) is 8.17 Å². The summed E-state index contributed by atoms with van der Waals surface area (Å²) in [6, 6.07) is 96.6. The molecule has 0 fully saturated rings. The van der Waals surface area contributed by atoms with Crippen molar-refractivity contribution >= 4 is 49.6 Å². The van der Waals surface area contributed by atoms with E-state index >= 15 is 0 Å². The Morgan fingerprint density at radius 1 is 0.352 bits per heavy atom. The van der Waals surface area contributed by atoms with Crippen molar-refractivity contribution < 1.29 is 0 Å². The Bertz CT molecular complexity index is 3890. The summed E-state index contributed by atoms with van der Waals surface area (Å²) < 4.78 is 2.48. The first kappa shape index (κ1) is 42.4. The van der Waals surface area contributed by atoms with Crippen LogP contribution in [0.25, 0.3) is 71.6 Å². The molecule has 0 aliphatic heterocycles. The van der Waals surface area contributed by atoms with Gasteiger partial charge in [-0.1, -0.05) is 221 Å². The Kier molecular flexibility index (Phi) is 10.0. The molecule has 0 saturated carbocycles. The quantitative estimate of drug-likeness (QED) is 0.147. The number of hydrogen-bond acceptors (Lipinski definition) is 1. The normalized spacial score (nSPS) is 12.8. The summed E-state index contributed by atoms with van der Waals surface area (Å²) in [4.78, 5) is 2.42. The third kappa shape index (κ3) is 6.85. The van der Waals surface area contributed by atoms with Crippen LogP contribution in [-0.2, 0) is 10.8 Å². The molecule has 1 aromatic heterocycles. The van der Waals surface area contributed by atoms with E-state index in [9.17, 15) is 0 Å². The maximum Gasteiger partial charge on any atom is 0.0714 e. The van der Waals surface area contributed by atoms with Crippen molar-refractivity contribution in [2.45, 2.75) is 31.6 Å². The Morgan fingerprint density at radius 3 is 1.56 bits per heavy atom. The summed E-state index contributed by atoms with van der Waals surface area (Å²) in [5.41, 5.74) is 20.3. The third-order valence-electron chi connectivity index (χ3n) is 15.0. The van der Waals surface area contributed by atoms with E-state index in [-0.39, 0.29) is 5.41 Å². The van der Waals surface area contributed by atoms with Gasteiger partial charge in [0.05, 0.1) is 22.1 Å². The SMILES string of the molecule is CC(C)(C)c1ccc(N(c2ccc(-c3ccccc3)cc2)c2ccc(-c3ccc4c(c3)c3ccccc3n4-c3ccc4c(c3)C(c3ccccc3)(c3ccccc3)c3ccccc3-4)c3ccccc23)cc1. The molecule has 0 amide bonds. The molecule has 338 valence electrons. The Balaban J connectivity index is 0.962. The second kappa shape index (κ2) is 16.8. The van der Waals surface area contributed by atoms with Gasteiger partial charge in [0.1, 0.15) is 0 Å². The van der Waals surface area contributed by atoms with Crippen LogP contribution in [0.1, 0.15) is 48.6 Å². The highest BCUT2D eigenvalue weighted by Crippen LogP contribution is 2.57. The van der Waals surface area contributed by atoms with Crippen LogP contribution in [0.3, 0.4) is 0 Å². The van der Waals surface area contributed by atoms with Crippen LogP contribution in [0.4, 0.5) is 17.1 Å². The number of anilines is 3. The summed E-state index contributed by atoms with van der Waals surface area (Å²) >= 11 is 0. The van der Waals surface area contributed by atoms with Crippen LogP contribution in [0.2, 0.25) is 0 Å². The fourth-order valence-electron chi connectivity index (χ4n) is 11.7. The van der Waals surface area contributed by atoms with Gasteiger partial charge in [0.2, 0.25) is 0 Å². The first-order valence-corrected chi connectivity index (χ1v) is 24.8. The fraction of sp³-hybridized carbons (Fsp3) is 0.0725. The van der Waals surface area contributed by atoms with Crippen molar-refractivity contribution in [3.63, 3.8) is 0 Å². The molecule has 0 spiro atoms. The number of aromatic nitrogens is 1. The zero-order valence-corrected chi connectivity index (χ0v) is 40.2. The average molecular weight is 909 g/mol. The number of para-hydroxylation sites is 1. The average Bonchev–Trinajstić information content (AvgIpc) is 3.92. The standard InChI is InChI=1S/C69H52N2/c1-68(2,3)50-34-38-54(39-35-50)70(53-36-31-48(32-37-53)47-19-7-4-8-20-47)66-44-42-56(57-25-13-14-27-60(57)66)49-33-43-67-62(45-49)61-28-16-18-30-65(61)71(67)55-40-41-59-58-26-15-17-29-63(58)69(64(59)46-55,51-21-9-5-10-22-51)52-23-11-6-12-24-52/h4-46H,1-3H3. The van der Waals surface area contributed by atoms with Crippen LogP contribution in [0, 0.1) is 0 Å². The summed E-state index contributed by atoms with van der Waals surface area (Å²) in [5.74, 6) is 0. The van der Waals surface area contributed by atoms with Crippen molar-refractivity contribution in [1.29, 1.82) is 0 Å².